The Labute approximate surface area is 139 Å². The molecule has 5 heteroatoms. The zero-order valence-electron chi connectivity index (χ0n) is 14.4. The number of methoxy groups -OCH3 is 1. The standard InChI is InChI=1S/C18H29N3O2/c1-15(21-9-11-23-12-10-21)16-4-7-20(8-5-16)14-17-13-18(22-2)3-6-19-17/h3,6,13,15-16H,4-5,7-12,14H2,1-2H3. The molecule has 3 heterocycles. The van der Waals surface area contributed by atoms with Crippen LogP contribution in [0, 0.1) is 5.92 Å². The zero-order chi connectivity index (χ0) is 16.1. The van der Waals surface area contributed by atoms with E-state index in [0.717, 1.165) is 63.3 Å². The molecule has 2 aliphatic rings. The van der Waals surface area contributed by atoms with E-state index in [2.05, 4.69) is 21.7 Å². The number of likely N-dealkylation sites (tertiary alicyclic amines) is 1. The van der Waals surface area contributed by atoms with Gasteiger partial charge in [-0.05, 0) is 44.8 Å². The van der Waals surface area contributed by atoms with E-state index < -0.39 is 0 Å². The highest BCUT2D eigenvalue weighted by atomic mass is 16.5. The summed E-state index contributed by atoms with van der Waals surface area (Å²) >= 11 is 0. The molecule has 1 unspecified atom stereocenters. The fourth-order valence-corrected chi connectivity index (χ4v) is 3.77. The van der Waals surface area contributed by atoms with Crippen LogP contribution in [0.1, 0.15) is 25.5 Å². The Kier molecular flexibility index (Phi) is 5.86. The lowest BCUT2D eigenvalue weighted by Crippen LogP contribution is -2.48. The third-order valence-corrected chi connectivity index (χ3v) is 5.35. The Morgan fingerprint density at radius 1 is 1.26 bits per heavy atom. The van der Waals surface area contributed by atoms with Gasteiger partial charge in [0.05, 0.1) is 26.0 Å². The summed E-state index contributed by atoms with van der Waals surface area (Å²) in [5.41, 5.74) is 1.10. The van der Waals surface area contributed by atoms with E-state index in [1.807, 2.05) is 18.3 Å². The van der Waals surface area contributed by atoms with Gasteiger partial charge in [0.1, 0.15) is 5.75 Å². The molecule has 3 rings (SSSR count). The average Bonchev–Trinajstić information content (AvgIpc) is 2.63. The molecule has 1 aromatic heterocycles. The Hall–Kier alpha value is -1.17. The minimum atomic E-state index is 0.677. The van der Waals surface area contributed by atoms with Crippen molar-refractivity contribution in [3.05, 3.63) is 24.0 Å². The van der Waals surface area contributed by atoms with Crippen LogP contribution in [0.2, 0.25) is 0 Å². The van der Waals surface area contributed by atoms with Gasteiger partial charge in [-0.3, -0.25) is 14.8 Å². The molecule has 2 fully saturated rings. The van der Waals surface area contributed by atoms with E-state index in [4.69, 9.17) is 9.47 Å². The number of hydrogen-bond donors (Lipinski definition) is 0. The molecule has 0 N–H and O–H groups in total. The van der Waals surface area contributed by atoms with Gasteiger partial charge in [-0.1, -0.05) is 0 Å². The molecule has 0 radical (unpaired) electrons. The van der Waals surface area contributed by atoms with Crippen molar-refractivity contribution in [1.82, 2.24) is 14.8 Å². The minimum Gasteiger partial charge on any atom is -0.497 e. The summed E-state index contributed by atoms with van der Waals surface area (Å²) in [6.07, 6.45) is 4.40. The molecule has 0 bridgehead atoms. The molecule has 2 saturated heterocycles. The molecule has 2 aliphatic heterocycles. The molecule has 1 aromatic rings. The van der Waals surface area contributed by atoms with Crippen molar-refractivity contribution in [3.8, 4) is 5.75 Å². The molecule has 0 saturated carbocycles. The van der Waals surface area contributed by atoms with Crippen LogP contribution in [-0.2, 0) is 11.3 Å². The number of morpholine rings is 1. The number of ether oxygens (including phenoxy) is 2. The van der Waals surface area contributed by atoms with Crippen LogP contribution < -0.4 is 4.74 Å². The molecule has 0 aliphatic carbocycles. The second-order valence-corrected chi connectivity index (χ2v) is 6.69. The van der Waals surface area contributed by atoms with E-state index in [0.29, 0.717) is 6.04 Å². The first kappa shape index (κ1) is 16.7. The van der Waals surface area contributed by atoms with Crippen LogP contribution in [0.5, 0.6) is 5.75 Å². The third kappa shape index (κ3) is 4.43. The lowest BCUT2D eigenvalue weighted by molar-refractivity contribution is -0.00198. The maximum Gasteiger partial charge on any atom is 0.122 e. The topological polar surface area (TPSA) is 37.8 Å². The zero-order valence-corrected chi connectivity index (χ0v) is 14.4. The van der Waals surface area contributed by atoms with Crippen molar-refractivity contribution in [2.24, 2.45) is 5.92 Å². The second kappa shape index (κ2) is 8.08. The highest BCUT2D eigenvalue weighted by molar-refractivity contribution is 5.22. The van der Waals surface area contributed by atoms with E-state index in [1.54, 1.807) is 7.11 Å². The van der Waals surface area contributed by atoms with Crippen LogP contribution in [0.3, 0.4) is 0 Å². The Morgan fingerprint density at radius 2 is 2.00 bits per heavy atom. The van der Waals surface area contributed by atoms with Crippen LogP contribution in [-0.4, -0.2) is 67.3 Å². The van der Waals surface area contributed by atoms with Crippen molar-refractivity contribution in [2.45, 2.75) is 32.4 Å². The predicted molar refractivity (Wildman–Crippen MR) is 90.6 cm³/mol. The van der Waals surface area contributed by atoms with Crippen molar-refractivity contribution in [1.29, 1.82) is 0 Å². The fourth-order valence-electron chi connectivity index (χ4n) is 3.77. The van der Waals surface area contributed by atoms with E-state index in [9.17, 15) is 0 Å². The first-order chi connectivity index (χ1) is 11.3. The van der Waals surface area contributed by atoms with Crippen molar-refractivity contribution in [2.75, 3.05) is 46.5 Å². The SMILES string of the molecule is COc1ccnc(CN2CCC(C(C)N3CCOCC3)CC2)c1. The first-order valence-corrected chi connectivity index (χ1v) is 8.79. The third-order valence-electron chi connectivity index (χ3n) is 5.35. The molecule has 0 spiro atoms. The van der Waals surface area contributed by atoms with Gasteiger partial charge in [0.2, 0.25) is 0 Å². The van der Waals surface area contributed by atoms with Crippen LogP contribution in [0.15, 0.2) is 18.3 Å². The molecular weight excluding hydrogens is 290 g/mol. The summed E-state index contributed by atoms with van der Waals surface area (Å²) in [6.45, 7) is 9.63. The summed E-state index contributed by atoms with van der Waals surface area (Å²) in [7, 11) is 1.71. The predicted octanol–water partition coefficient (Wildman–Crippen LogP) is 2.02. The van der Waals surface area contributed by atoms with Crippen LogP contribution >= 0.6 is 0 Å². The highest BCUT2D eigenvalue weighted by Crippen LogP contribution is 2.25. The number of aromatic nitrogens is 1. The van der Waals surface area contributed by atoms with Gasteiger partial charge >= 0.3 is 0 Å². The largest absolute Gasteiger partial charge is 0.497 e. The number of hydrogen-bond acceptors (Lipinski definition) is 5. The molecular formula is C18H29N3O2. The summed E-state index contributed by atoms with van der Waals surface area (Å²) < 4.78 is 10.8. The molecule has 23 heavy (non-hydrogen) atoms. The van der Waals surface area contributed by atoms with Gasteiger partial charge in [-0.2, -0.15) is 0 Å². The molecule has 0 amide bonds. The monoisotopic (exact) mass is 319 g/mol. The minimum absolute atomic E-state index is 0.677. The quantitative estimate of drug-likeness (QED) is 0.830. The number of rotatable bonds is 5. The summed E-state index contributed by atoms with van der Waals surface area (Å²) in [4.78, 5) is 9.59. The summed E-state index contributed by atoms with van der Waals surface area (Å²) in [5, 5.41) is 0. The molecule has 0 aromatic carbocycles. The maximum atomic E-state index is 5.47. The first-order valence-electron chi connectivity index (χ1n) is 8.79. The van der Waals surface area contributed by atoms with E-state index >= 15 is 0 Å². The van der Waals surface area contributed by atoms with Gasteiger partial charge < -0.3 is 9.47 Å². The van der Waals surface area contributed by atoms with E-state index in [1.165, 1.54) is 12.8 Å². The molecule has 5 nitrogen and oxygen atoms in total. The van der Waals surface area contributed by atoms with Crippen molar-refractivity contribution < 1.29 is 9.47 Å². The Balaban J connectivity index is 1.47. The van der Waals surface area contributed by atoms with Gasteiger partial charge in [0.25, 0.3) is 0 Å². The van der Waals surface area contributed by atoms with Crippen LogP contribution in [0.4, 0.5) is 0 Å². The van der Waals surface area contributed by atoms with Crippen LogP contribution in [0.25, 0.3) is 0 Å². The maximum absolute atomic E-state index is 5.47. The Bertz CT molecular complexity index is 483. The Morgan fingerprint density at radius 3 is 2.70 bits per heavy atom. The van der Waals surface area contributed by atoms with Gasteiger partial charge in [-0.25, -0.2) is 0 Å². The van der Waals surface area contributed by atoms with Gasteiger partial charge in [0, 0.05) is 37.9 Å². The summed E-state index contributed by atoms with van der Waals surface area (Å²) in [6, 6.07) is 4.62. The molecule has 128 valence electrons. The second-order valence-electron chi connectivity index (χ2n) is 6.69. The smallest absolute Gasteiger partial charge is 0.122 e. The highest BCUT2D eigenvalue weighted by Gasteiger charge is 2.28. The molecule has 1 atom stereocenters. The van der Waals surface area contributed by atoms with Crippen molar-refractivity contribution in [3.63, 3.8) is 0 Å². The lowest BCUT2D eigenvalue weighted by atomic mass is 9.89. The number of pyridine rings is 1. The number of piperidine rings is 1. The lowest BCUT2D eigenvalue weighted by Gasteiger charge is -2.41. The average molecular weight is 319 g/mol. The summed E-state index contributed by atoms with van der Waals surface area (Å²) in [5.74, 6) is 1.70. The van der Waals surface area contributed by atoms with Crippen molar-refractivity contribution >= 4 is 0 Å². The normalized spacial score (nSPS) is 22.9. The van der Waals surface area contributed by atoms with Gasteiger partial charge in [-0.15, -0.1) is 0 Å². The number of nitrogens with zero attached hydrogens (tertiary/aromatic N) is 3. The van der Waals surface area contributed by atoms with E-state index in [-0.39, 0.29) is 0 Å². The van der Waals surface area contributed by atoms with Gasteiger partial charge in [0.15, 0.2) is 0 Å². The fraction of sp³-hybridized carbons (Fsp3) is 0.722.